The van der Waals surface area contributed by atoms with Crippen molar-refractivity contribution >= 4 is 5.91 Å². The first-order valence-electron chi connectivity index (χ1n) is 5.34. The summed E-state index contributed by atoms with van der Waals surface area (Å²) in [7, 11) is 1.86. The second kappa shape index (κ2) is 4.78. The van der Waals surface area contributed by atoms with E-state index in [1.54, 1.807) is 29.2 Å². The predicted octanol–water partition coefficient (Wildman–Crippen LogP) is 1.05. The fraction of sp³-hybridized carbons (Fsp3) is 0.250. The van der Waals surface area contributed by atoms with Gasteiger partial charge in [-0.15, -0.1) is 0 Å². The molecule has 0 radical (unpaired) electrons. The van der Waals surface area contributed by atoms with Crippen LogP contribution in [0.15, 0.2) is 30.6 Å². The Kier molecular flexibility index (Phi) is 3.18. The summed E-state index contributed by atoms with van der Waals surface area (Å²) in [6, 6.07) is 5.42. The highest BCUT2D eigenvalue weighted by molar-refractivity contribution is 5.93. The van der Waals surface area contributed by atoms with Gasteiger partial charge in [-0.2, -0.15) is 5.10 Å². The summed E-state index contributed by atoms with van der Waals surface area (Å²) in [5, 5.41) is 7.04. The second-order valence-electron chi connectivity index (χ2n) is 3.83. The van der Waals surface area contributed by atoms with Crippen molar-refractivity contribution in [1.29, 1.82) is 0 Å². The SMILES string of the molecule is Cc1cc(CNC(=O)c2cccnc2)n(C)n1. The Bertz CT molecular complexity index is 519. The van der Waals surface area contributed by atoms with Crippen LogP contribution in [0.2, 0.25) is 0 Å². The summed E-state index contributed by atoms with van der Waals surface area (Å²) in [6.45, 7) is 2.39. The van der Waals surface area contributed by atoms with Gasteiger partial charge in [0, 0.05) is 19.4 Å². The zero-order valence-corrected chi connectivity index (χ0v) is 9.84. The molecule has 0 aliphatic heterocycles. The van der Waals surface area contributed by atoms with E-state index in [0.29, 0.717) is 12.1 Å². The average Bonchev–Trinajstić information content (AvgIpc) is 2.66. The van der Waals surface area contributed by atoms with Gasteiger partial charge in [0.05, 0.1) is 23.5 Å². The molecule has 5 nitrogen and oxygen atoms in total. The van der Waals surface area contributed by atoms with E-state index >= 15 is 0 Å². The lowest BCUT2D eigenvalue weighted by atomic mass is 10.2. The molecule has 1 amide bonds. The van der Waals surface area contributed by atoms with Gasteiger partial charge >= 0.3 is 0 Å². The minimum Gasteiger partial charge on any atom is -0.346 e. The van der Waals surface area contributed by atoms with Crippen molar-refractivity contribution in [3.8, 4) is 0 Å². The lowest BCUT2D eigenvalue weighted by molar-refractivity contribution is 0.0949. The van der Waals surface area contributed by atoms with Crippen LogP contribution in [0.25, 0.3) is 0 Å². The number of pyridine rings is 1. The van der Waals surface area contributed by atoms with E-state index in [2.05, 4.69) is 15.4 Å². The molecule has 5 heteroatoms. The Labute approximate surface area is 99.5 Å². The number of hydrogen-bond donors (Lipinski definition) is 1. The van der Waals surface area contributed by atoms with Gasteiger partial charge in [-0.25, -0.2) is 0 Å². The molecule has 0 saturated carbocycles. The monoisotopic (exact) mass is 230 g/mol. The first kappa shape index (κ1) is 11.3. The van der Waals surface area contributed by atoms with Crippen LogP contribution in [-0.2, 0) is 13.6 Å². The summed E-state index contributed by atoms with van der Waals surface area (Å²) in [4.78, 5) is 15.7. The molecule has 0 aliphatic carbocycles. The maximum absolute atomic E-state index is 11.8. The normalized spacial score (nSPS) is 10.2. The van der Waals surface area contributed by atoms with Crippen LogP contribution in [-0.4, -0.2) is 20.7 Å². The average molecular weight is 230 g/mol. The summed E-state index contributed by atoms with van der Waals surface area (Å²) < 4.78 is 1.76. The third-order valence-electron chi connectivity index (χ3n) is 2.45. The number of carbonyl (C=O) groups excluding carboxylic acids is 1. The number of aryl methyl sites for hydroxylation is 2. The van der Waals surface area contributed by atoms with E-state index in [9.17, 15) is 4.79 Å². The second-order valence-corrected chi connectivity index (χ2v) is 3.83. The van der Waals surface area contributed by atoms with E-state index in [4.69, 9.17) is 0 Å². The molecule has 0 fully saturated rings. The molecule has 0 unspecified atom stereocenters. The molecule has 2 aromatic rings. The standard InChI is InChI=1S/C12H14N4O/c1-9-6-11(16(2)15-9)8-14-12(17)10-4-3-5-13-7-10/h3-7H,8H2,1-2H3,(H,14,17). The van der Waals surface area contributed by atoms with E-state index in [0.717, 1.165) is 11.4 Å². The van der Waals surface area contributed by atoms with Crippen molar-refractivity contribution in [2.24, 2.45) is 7.05 Å². The van der Waals surface area contributed by atoms with Crippen molar-refractivity contribution in [3.05, 3.63) is 47.5 Å². The van der Waals surface area contributed by atoms with Crippen LogP contribution >= 0.6 is 0 Å². The molecule has 0 spiro atoms. The van der Waals surface area contributed by atoms with E-state index in [-0.39, 0.29) is 5.91 Å². The molecular weight excluding hydrogens is 216 g/mol. The number of carbonyl (C=O) groups is 1. The molecule has 2 heterocycles. The molecule has 88 valence electrons. The Hall–Kier alpha value is -2.17. The highest BCUT2D eigenvalue weighted by Crippen LogP contribution is 2.02. The van der Waals surface area contributed by atoms with Crippen LogP contribution in [0.4, 0.5) is 0 Å². The van der Waals surface area contributed by atoms with Crippen LogP contribution in [0, 0.1) is 6.92 Å². The molecule has 0 saturated heterocycles. The molecule has 17 heavy (non-hydrogen) atoms. The zero-order chi connectivity index (χ0) is 12.3. The van der Waals surface area contributed by atoms with Crippen molar-refractivity contribution in [1.82, 2.24) is 20.1 Å². The third kappa shape index (κ3) is 2.69. The van der Waals surface area contributed by atoms with Crippen LogP contribution in [0.3, 0.4) is 0 Å². The highest BCUT2D eigenvalue weighted by Gasteiger charge is 2.07. The molecule has 2 aromatic heterocycles. The number of aromatic nitrogens is 3. The number of hydrogen-bond acceptors (Lipinski definition) is 3. The Morgan fingerprint density at radius 1 is 1.53 bits per heavy atom. The van der Waals surface area contributed by atoms with Gasteiger partial charge in [0.1, 0.15) is 0 Å². The molecule has 0 aliphatic rings. The van der Waals surface area contributed by atoms with Crippen molar-refractivity contribution in [2.75, 3.05) is 0 Å². The Morgan fingerprint density at radius 2 is 2.35 bits per heavy atom. The summed E-state index contributed by atoms with van der Waals surface area (Å²) >= 11 is 0. The quantitative estimate of drug-likeness (QED) is 0.857. The molecular formula is C12H14N4O. The fourth-order valence-electron chi connectivity index (χ4n) is 1.60. The maximum Gasteiger partial charge on any atom is 0.253 e. The minimum atomic E-state index is -0.128. The van der Waals surface area contributed by atoms with Gasteiger partial charge in [-0.1, -0.05) is 0 Å². The summed E-state index contributed by atoms with van der Waals surface area (Å²) in [5.74, 6) is -0.128. The van der Waals surface area contributed by atoms with Gasteiger partial charge in [-0.05, 0) is 25.1 Å². The topological polar surface area (TPSA) is 59.8 Å². The highest BCUT2D eigenvalue weighted by atomic mass is 16.1. The van der Waals surface area contributed by atoms with Crippen LogP contribution in [0.5, 0.6) is 0 Å². The van der Waals surface area contributed by atoms with Crippen LogP contribution in [0.1, 0.15) is 21.7 Å². The number of nitrogens with one attached hydrogen (secondary N) is 1. The molecule has 0 aromatic carbocycles. The lowest BCUT2D eigenvalue weighted by Crippen LogP contribution is -2.24. The summed E-state index contributed by atoms with van der Waals surface area (Å²) in [5.41, 5.74) is 2.48. The van der Waals surface area contributed by atoms with Crippen LogP contribution < -0.4 is 5.32 Å². The number of amides is 1. The third-order valence-corrected chi connectivity index (χ3v) is 2.45. The van der Waals surface area contributed by atoms with Gasteiger partial charge in [0.2, 0.25) is 0 Å². The molecule has 0 atom stereocenters. The van der Waals surface area contributed by atoms with Gasteiger partial charge in [-0.3, -0.25) is 14.5 Å². The minimum absolute atomic E-state index is 0.128. The van der Waals surface area contributed by atoms with Gasteiger partial charge < -0.3 is 5.32 Å². The Balaban J connectivity index is 1.99. The number of nitrogens with zero attached hydrogens (tertiary/aromatic N) is 3. The smallest absolute Gasteiger partial charge is 0.253 e. The fourth-order valence-corrected chi connectivity index (χ4v) is 1.60. The van der Waals surface area contributed by atoms with E-state index < -0.39 is 0 Å². The van der Waals surface area contributed by atoms with Gasteiger partial charge in [0.25, 0.3) is 5.91 Å². The number of rotatable bonds is 3. The van der Waals surface area contributed by atoms with Crippen molar-refractivity contribution < 1.29 is 4.79 Å². The maximum atomic E-state index is 11.8. The largest absolute Gasteiger partial charge is 0.346 e. The summed E-state index contributed by atoms with van der Waals surface area (Å²) in [6.07, 6.45) is 3.19. The Morgan fingerprint density at radius 3 is 2.94 bits per heavy atom. The first-order chi connectivity index (χ1) is 8.16. The van der Waals surface area contributed by atoms with E-state index in [1.807, 2.05) is 20.0 Å². The lowest BCUT2D eigenvalue weighted by Gasteiger charge is -2.04. The first-order valence-corrected chi connectivity index (χ1v) is 5.34. The molecule has 2 rings (SSSR count). The van der Waals surface area contributed by atoms with Gasteiger partial charge in [0.15, 0.2) is 0 Å². The molecule has 1 N–H and O–H groups in total. The zero-order valence-electron chi connectivity index (χ0n) is 9.84. The van der Waals surface area contributed by atoms with Crippen molar-refractivity contribution in [3.63, 3.8) is 0 Å². The van der Waals surface area contributed by atoms with E-state index in [1.165, 1.54) is 0 Å². The predicted molar refractivity (Wildman–Crippen MR) is 63.4 cm³/mol. The van der Waals surface area contributed by atoms with Crippen molar-refractivity contribution in [2.45, 2.75) is 13.5 Å². The molecule has 0 bridgehead atoms.